The van der Waals surface area contributed by atoms with Crippen molar-refractivity contribution < 1.29 is 14.4 Å². The van der Waals surface area contributed by atoms with E-state index in [1.807, 2.05) is 0 Å². The number of unbranched alkanes of at least 4 members (excludes halogenated alkanes) is 3. The van der Waals surface area contributed by atoms with Crippen LogP contribution in [0.4, 0.5) is 4.79 Å². The summed E-state index contributed by atoms with van der Waals surface area (Å²) in [4.78, 5) is 35.8. The van der Waals surface area contributed by atoms with Gasteiger partial charge in [-0.25, -0.2) is 0 Å². The van der Waals surface area contributed by atoms with Crippen LogP contribution in [-0.2, 0) is 9.59 Å². The molecule has 5 nitrogen and oxygen atoms in total. The molecular formula is C15H26N2O3S. The molecule has 0 aromatic carbocycles. The Morgan fingerprint density at radius 3 is 2.43 bits per heavy atom. The van der Waals surface area contributed by atoms with Crippen LogP contribution in [0.2, 0.25) is 0 Å². The monoisotopic (exact) mass is 314 g/mol. The van der Waals surface area contributed by atoms with E-state index in [2.05, 4.69) is 19.2 Å². The fraction of sp³-hybridized carbons (Fsp3) is 0.800. The van der Waals surface area contributed by atoms with Crippen LogP contribution in [0, 0.1) is 0 Å². The third-order valence-electron chi connectivity index (χ3n) is 3.73. The van der Waals surface area contributed by atoms with Crippen molar-refractivity contribution in [2.75, 3.05) is 12.3 Å². The van der Waals surface area contributed by atoms with E-state index >= 15 is 0 Å². The Morgan fingerprint density at radius 2 is 1.86 bits per heavy atom. The minimum atomic E-state index is -0.121. The average molecular weight is 314 g/mol. The Balaban J connectivity index is 2.03. The van der Waals surface area contributed by atoms with Gasteiger partial charge in [0.15, 0.2) is 0 Å². The molecule has 0 aromatic heterocycles. The van der Waals surface area contributed by atoms with Crippen molar-refractivity contribution in [3.63, 3.8) is 0 Å². The van der Waals surface area contributed by atoms with Gasteiger partial charge < -0.3 is 5.32 Å². The summed E-state index contributed by atoms with van der Waals surface area (Å²) in [6.07, 6.45) is 6.10. The van der Waals surface area contributed by atoms with E-state index in [0.29, 0.717) is 19.0 Å². The summed E-state index contributed by atoms with van der Waals surface area (Å²) in [7, 11) is 0. The number of carbonyl (C=O) groups excluding carboxylic acids is 3. The van der Waals surface area contributed by atoms with E-state index in [1.54, 1.807) is 0 Å². The van der Waals surface area contributed by atoms with Gasteiger partial charge in [0.2, 0.25) is 11.8 Å². The van der Waals surface area contributed by atoms with E-state index in [-0.39, 0.29) is 22.8 Å². The number of nitrogens with one attached hydrogen (secondary N) is 1. The van der Waals surface area contributed by atoms with Gasteiger partial charge in [0.1, 0.15) is 0 Å². The van der Waals surface area contributed by atoms with Crippen molar-refractivity contribution in [1.29, 1.82) is 0 Å². The summed E-state index contributed by atoms with van der Waals surface area (Å²) >= 11 is 1.08. The first-order valence-corrected chi connectivity index (χ1v) is 8.83. The third kappa shape index (κ3) is 6.50. The molecule has 120 valence electrons. The van der Waals surface area contributed by atoms with Gasteiger partial charge in [0.25, 0.3) is 5.24 Å². The summed E-state index contributed by atoms with van der Waals surface area (Å²) in [6, 6.07) is 0.294. The van der Waals surface area contributed by atoms with Crippen molar-refractivity contribution in [2.45, 2.75) is 64.8 Å². The van der Waals surface area contributed by atoms with Crippen LogP contribution in [0.25, 0.3) is 0 Å². The van der Waals surface area contributed by atoms with E-state index in [1.165, 1.54) is 4.90 Å². The molecule has 1 rings (SSSR count). The highest BCUT2D eigenvalue weighted by atomic mass is 32.2. The van der Waals surface area contributed by atoms with E-state index in [0.717, 1.165) is 50.3 Å². The molecule has 1 aliphatic heterocycles. The Hall–Kier alpha value is -1.04. The van der Waals surface area contributed by atoms with Gasteiger partial charge in [0.05, 0.1) is 5.75 Å². The fourth-order valence-corrected chi connectivity index (χ4v) is 3.05. The Labute approximate surface area is 131 Å². The number of amides is 3. The van der Waals surface area contributed by atoms with Crippen LogP contribution in [0.5, 0.6) is 0 Å². The van der Waals surface area contributed by atoms with Crippen LogP contribution >= 0.6 is 11.8 Å². The highest BCUT2D eigenvalue weighted by molar-refractivity contribution is 8.14. The maximum absolute atomic E-state index is 11.7. The van der Waals surface area contributed by atoms with E-state index in [9.17, 15) is 14.4 Å². The summed E-state index contributed by atoms with van der Waals surface area (Å²) in [5.41, 5.74) is 0. The molecule has 0 radical (unpaired) electrons. The van der Waals surface area contributed by atoms with Gasteiger partial charge in [-0.1, -0.05) is 38.5 Å². The summed E-state index contributed by atoms with van der Waals surface area (Å²) in [5.74, 6) is 0.342. The standard InChI is InChI=1S/C15H26N2O3S/c1-3-12(4-2)16-13(18)9-7-5-6-8-10-17-14(19)11-21-15(17)20/h12H,3-11H2,1-2H3,(H,16,18). The molecule has 0 aliphatic carbocycles. The number of carbonyl (C=O) groups is 3. The topological polar surface area (TPSA) is 66.5 Å². The minimum Gasteiger partial charge on any atom is -0.353 e. The fourth-order valence-electron chi connectivity index (χ4n) is 2.30. The van der Waals surface area contributed by atoms with Crippen LogP contribution in [-0.4, -0.2) is 40.3 Å². The molecule has 0 spiro atoms. The van der Waals surface area contributed by atoms with Crippen molar-refractivity contribution in [3.8, 4) is 0 Å². The van der Waals surface area contributed by atoms with Gasteiger partial charge in [-0.3, -0.25) is 19.3 Å². The summed E-state index contributed by atoms with van der Waals surface area (Å²) in [5, 5.41) is 2.90. The molecule has 6 heteroatoms. The highest BCUT2D eigenvalue weighted by Crippen LogP contribution is 2.19. The largest absolute Gasteiger partial charge is 0.353 e. The molecule has 0 unspecified atom stereocenters. The SMILES string of the molecule is CCC(CC)NC(=O)CCCCCCN1C(=O)CSC1=O. The first-order valence-electron chi connectivity index (χ1n) is 7.85. The number of hydrogen-bond acceptors (Lipinski definition) is 4. The van der Waals surface area contributed by atoms with Gasteiger partial charge in [-0.15, -0.1) is 0 Å². The minimum absolute atomic E-state index is 0.0745. The maximum atomic E-state index is 11.7. The molecule has 0 aromatic rings. The van der Waals surface area contributed by atoms with Crippen molar-refractivity contribution in [1.82, 2.24) is 10.2 Å². The van der Waals surface area contributed by atoms with Crippen molar-refractivity contribution in [3.05, 3.63) is 0 Å². The predicted molar refractivity (Wildman–Crippen MR) is 85.2 cm³/mol. The number of hydrogen-bond donors (Lipinski definition) is 1. The van der Waals surface area contributed by atoms with Crippen LogP contribution < -0.4 is 5.32 Å². The number of nitrogens with zero attached hydrogens (tertiary/aromatic N) is 1. The Bertz CT molecular complexity index is 354. The molecule has 3 amide bonds. The van der Waals surface area contributed by atoms with Gasteiger partial charge >= 0.3 is 0 Å². The first kappa shape index (κ1) is 18.0. The number of thioether (sulfide) groups is 1. The van der Waals surface area contributed by atoms with Crippen molar-refractivity contribution >= 4 is 28.8 Å². The second-order valence-corrected chi connectivity index (χ2v) is 6.27. The van der Waals surface area contributed by atoms with Gasteiger partial charge in [0, 0.05) is 19.0 Å². The molecule has 21 heavy (non-hydrogen) atoms. The van der Waals surface area contributed by atoms with Crippen LogP contribution in [0.15, 0.2) is 0 Å². The zero-order chi connectivity index (χ0) is 15.7. The highest BCUT2D eigenvalue weighted by Gasteiger charge is 2.28. The lowest BCUT2D eigenvalue weighted by Crippen LogP contribution is -2.33. The molecule has 0 atom stereocenters. The number of rotatable bonds is 10. The molecule has 0 bridgehead atoms. The smallest absolute Gasteiger partial charge is 0.288 e. The third-order valence-corrected chi connectivity index (χ3v) is 4.59. The van der Waals surface area contributed by atoms with Gasteiger partial charge in [-0.2, -0.15) is 0 Å². The Kier molecular flexibility index (Phi) is 8.42. The molecule has 0 saturated carbocycles. The molecular weight excluding hydrogens is 288 g/mol. The van der Waals surface area contributed by atoms with Crippen molar-refractivity contribution in [2.24, 2.45) is 0 Å². The van der Waals surface area contributed by atoms with E-state index in [4.69, 9.17) is 0 Å². The van der Waals surface area contributed by atoms with Gasteiger partial charge in [-0.05, 0) is 25.7 Å². The molecule has 1 fully saturated rings. The van der Waals surface area contributed by atoms with E-state index < -0.39 is 0 Å². The predicted octanol–water partition coefficient (Wildman–Crippen LogP) is 2.94. The maximum Gasteiger partial charge on any atom is 0.288 e. The molecule has 1 heterocycles. The zero-order valence-corrected chi connectivity index (χ0v) is 13.8. The molecule has 1 N–H and O–H groups in total. The average Bonchev–Trinajstić information content (AvgIpc) is 2.79. The number of imide groups is 1. The lowest BCUT2D eigenvalue weighted by atomic mass is 10.1. The zero-order valence-electron chi connectivity index (χ0n) is 13.0. The second kappa shape index (κ2) is 9.82. The summed E-state index contributed by atoms with van der Waals surface area (Å²) in [6.45, 7) is 4.67. The quantitative estimate of drug-likeness (QED) is 0.630. The molecule has 1 aliphatic rings. The normalized spacial score (nSPS) is 15.1. The lowest BCUT2D eigenvalue weighted by Gasteiger charge is -2.14. The first-order chi connectivity index (χ1) is 10.1. The summed E-state index contributed by atoms with van der Waals surface area (Å²) < 4.78 is 0. The lowest BCUT2D eigenvalue weighted by molar-refractivity contribution is -0.124. The second-order valence-electron chi connectivity index (χ2n) is 5.35. The Morgan fingerprint density at radius 1 is 1.19 bits per heavy atom. The molecule has 1 saturated heterocycles. The van der Waals surface area contributed by atoms with Crippen LogP contribution in [0.3, 0.4) is 0 Å². The van der Waals surface area contributed by atoms with Crippen LogP contribution in [0.1, 0.15) is 58.8 Å².